The first-order chi connectivity index (χ1) is 10.7. The molecule has 0 aliphatic heterocycles. The number of carbonyl (C=O) groups is 1. The fourth-order valence-corrected chi connectivity index (χ4v) is 2.92. The molecule has 1 unspecified atom stereocenters. The summed E-state index contributed by atoms with van der Waals surface area (Å²) < 4.78 is 4.31. The maximum atomic E-state index is 10.8. The van der Waals surface area contributed by atoms with Gasteiger partial charge in [-0.3, -0.25) is 4.79 Å². The van der Waals surface area contributed by atoms with Gasteiger partial charge in [0.15, 0.2) is 0 Å². The van der Waals surface area contributed by atoms with Crippen molar-refractivity contribution >= 4 is 22.6 Å². The summed E-state index contributed by atoms with van der Waals surface area (Å²) in [6, 6.07) is 10.1. The summed E-state index contributed by atoms with van der Waals surface area (Å²) in [7, 11) is 0. The topological polar surface area (TPSA) is 75.1 Å². The van der Waals surface area contributed by atoms with E-state index in [1.165, 1.54) is 17.1 Å². The lowest BCUT2D eigenvalue weighted by molar-refractivity contribution is -0.137. The Bertz CT molecular complexity index is 586. The predicted molar refractivity (Wildman–Crippen MR) is 88.3 cm³/mol. The van der Waals surface area contributed by atoms with E-state index in [4.69, 9.17) is 5.11 Å². The Morgan fingerprint density at radius 2 is 2.14 bits per heavy atom. The first-order valence-electron chi connectivity index (χ1n) is 7.52. The summed E-state index contributed by atoms with van der Waals surface area (Å²) in [5.41, 5.74) is 1.18. The minimum atomic E-state index is -0.774. The number of nitrogens with zero attached hydrogens (tertiary/aromatic N) is 2. The van der Waals surface area contributed by atoms with Crippen molar-refractivity contribution in [3.05, 3.63) is 41.7 Å². The molecule has 1 heterocycles. The lowest BCUT2D eigenvalue weighted by atomic mass is 10.0. The van der Waals surface area contributed by atoms with Crippen LogP contribution in [0.2, 0.25) is 0 Å². The van der Waals surface area contributed by atoms with Gasteiger partial charge < -0.3 is 10.4 Å². The molecule has 2 aromatic rings. The number of nitrogens with one attached hydrogen (secondary N) is 1. The monoisotopic (exact) mass is 319 g/mol. The van der Waals surface area contributed by atoms with Crippen molar-refractivity contribution in [3.8, 4) is 0 Å². The van der Waals surface area contributed by atoms with E-state index in [-0.39, 0.29) is 12.5 Å². The molecule has 0 radical (unpaired) electrons. The molecule has 0 saturated carbocycles. The van der Waals surface area contributed by atoms with Crippen LogP contribution >= 0.6 is 11.5 Å². The number of aryl methyl sites for hydroxylation is 1. The third-order valence-electron chi connectivity index (χ3n) is 3.30. The van der Waals surface area contributed by atoms with Crippen LogP contribution in [-0.4, -0.2) is 26.5 Å². The van der Waals surface area contributed by atoms with Gasteiger partial charge in [-0.05, 0) is 24.8 Å². The summed E-state index contributed by atoms with van der Waals surface area (Å²) in [5.74, 6) is 0.0792. The van der Waals surface area contributed by atoms with Crippen molar-refractivity contribution in [1.29, 1.82) is 0 Å². The van der Waals surface area contributed by atoms with Crippen LogP contribution in [0.3, 0.4) is 0 Å². The molecule has 2 N–H and O–H groups in total. The summed E-state index contributed by atoms with van der Waals surface area (Å²) in [6.07, 6.45) is 3.37. The molecular formula is C16H21N3O2S. The number of aliphatic carboxylic acids is 1. The predicted octanol–water partition coefficient (Wildman–Crippen LogP) is 3.38. The van der Waals surface area contributed by atoms with Gasteiger partial charge in [-0.25, -0.2) is 4.98 Å². The van der Waals surface area contributed by atoms with Gasteiger partial charge in [0.1, 0.15) is 5.82 Å². The SMILES string of the molecule is CCCc1nsc(NC(CCC(=O)O)Cc2ccccc2)n1. The fourth-order valence-electron chi connectivity index (χ4n) is 2.23. The van der Waals surface area contributed by atoms with Crippen LogP contribution in [0.5, 0.6) is 0 Å². The zero-order chi connectivity index (χ0) is 15.8. The highest BCUT2D eigenvalue weighted by Crippen LogP contribution is 2.17. The molecule has 6 heteroatoms. The molecule has 1 atom stereocenters. The van der Waals surface area contributed by atoms with Crippen LogP contribution in [0.1, 0.15) is 37.6 Å². The van der Waals surface area contributed by atoms with E-state index in [0.29, 0.717) is 6.42 Å². The summed E-state index contributed by atoms with van der Waals surface area (Å²) >= 11 is 1.34. The minimum Gasteiger partial charge on any atom is -0.481 e. The molecule has 2 rings (SSSR count). The lowest BCUT2D eigenvalue weighted by Gasteiger charge is -2.17. The van der Waals surface area contributed by atoms with E-state index in [1.54, 1.807) is 0 Å². The largest absolute Gasteiger partial charge is 0.481 e. The zero-order valence-electron chi connectivity index (χ0n) is 12.7. The average Bonchev–Trinajstić information content (AvgIpc) is 2.93. The first kappa shape index (κ1) is 16.4. The molecule has 1 aromatic carbocycles. The highest BCUT2D eigenvalue weighted by atomic mass is 32.1. The third kappa shape index (κ3) is 5.44. The third-order valence-corrected chi connectivity index (χ3v) is 3.98. The Kier molecular flexibility index (Phi) is 6.33. The number of carboxylic acid groups (broad SMARTS) is 1. The summed E-state index contributed by atoms with van der Waals surface area (Å²) in [5, 5.41) is 13.0. The van der Waals surface area contributed by atoms with Gasteiger partial charge in [-0.15, -0.1) is 0 Å². The number of hydrogen-bond donors (Lipinski definition) is 2. The van der Waals surface area contributed by atoms with Gasteiger partial charge in [0.25, 0.3) is 0 Å². The van der Waals surface area contributed by atoms with Gasteiger partial charge in [-0.2, -0.15) is 4.37 Å². The number of aromatic nitrogens is 2. The molecule has 0 bridgehead atoms. The molecule has 0 aliphatic carbocycles. The van der Waals surface area contributed by atoms with Gasteiger partial charge >= 0.3 is 5.97 Å². The van der Waals surface area contributed by atoms with Crippen LogP contribution in [0.25, 0.3) is 0 Å². The van der Waals surface area contributed by atoms with E-state index >= 15 is 0 Å². The van der Waals surface area contributed by atoms with E-state index in [9.17, 15) is 4.79 Å². The number of benzene rings is 1. The van der Waals surface area contributed by atoms with Crippen molar-refractivity contribution < 1.29 is 9.90 Å². The van der Waals surface area contributed by atoms with Crippen molar-refractivity contribution in [3.63, 3.8) is 0 Å². The Balaban J connectivity index is 2.00. The average molecular weight is 319 g/mol. The quantitative estimate of drug-likeness (QED) is 0.741. The van der Waals surface area contributed by atoms with Crippen molar-refractivity contribution in [2.24, 2.45) is 0 Å². The molecule has 0 saturated heterocycles. The van der Waals surface area contributed by atoms with Gasteiger partial charge in [0.05, 0.1) is 0 Å². The zero-order valence-corrected chi connectivity index (χ0v) is 13.5. The van der Waals surface area contributed by atoms with Crippen LogP contribution in [0.4, 0.5) is 5.13 Å². The number of rotatable bonds is 9. The van der Waals surface area contributed by atoms with Crippen LogP contribution in [0.15, 0.2) is 30.3 Å². The second-order valence-corrected chi connectivity index (χ2v) is 5.98. The number of hydrogen-bond acceptors (Lipinski definition) is 5. The Labute approximate surface area is 134 Å². The molecule has 118 valence electrons. The normalized spacial score (nSPS) is 12.0. The van der Waals surface area contributed by atoms with E-state index < -0.39 is 5.97 Å². The van der Waals surface area contributed by atoms with E-state index in [2.05, 4.69) is 33.7 Å². The molecular weight excluding hydrogens is 298 g/mol. The standard InChI is InChI=1S/C16H21N3O2S/c1-2-6-14-18-16(22-19-14)17-13(9-10-15(20)21)11-12-7-4-3-5-8-12/h3-5,7-8,13H,2,6,9-11H2,1H3,(H,20,21)(H,17,18,19). The molecule has 0 amide bonds. The fraction of sp³-hybridized carbons (Fsp3) is 0.438. The smallest absolute Gasteiger partial charge is 0.303 e. The van der Waals surface area contributed by atoms with Gasteiger partial charge in [0.2, 0.25) is 5.13 Å². The van der Waals surface area contributed by atoms with Crippen molar-refractivity contribution in [2.75, 3.05) is 5.32 Å². The van der Waals surface area contributed by atoms with E-state index in [1.807, 2.05) is 18.2 Å². The second kappa shape index (κ2) is 8.48. The van der Waals surface area contributed by atoms with Crippen LogP contribution < -0.4 is 5.32 Å². The Hall–Kier alpha value is -1.95. The Morgan fingerprint density at radius 3 is 2.82 bits per heavy atom. The molecule has 22 heavy (non-hydrogen) atoms. The lowest BCUT2D eigenvalue weighted by Crippen LogP contribution is -2.23. The molecule has 5 nitrogen and oxygen atoms in total. The van der Waals surface area contributed by atoms with Crippen LogP contribution in [0, 0.1) is 0 Å². The van der Waals surface area contributed by atoms with E-state index in [0.717, 1.165) is 30.2 Å². The number of anilines is 1. The highest BCUT2D eigenvalue weighted by molar-refractivity contribution is 7.09. The van der Waals surface area contributed by atoms with Crippen molar-refractivity contribution in [1.82, 2.24) is 9.36 Å². The maximum absolute atomic E-state index is 10.8. The second-order valence-electron chi connectivity index (χ2n) is 5.23. The van der Waals surface area contributed by atoms with Gasteiger partial charge in [-0.1, -0.05) is 37.3 Å². The Morgan fingerprint density at radius 1 is 1.36 bits per heavy atom. The van der Waals surface area contributed by atoms with Gasteiger partial charge in [0, 0.05) is 30.4 Å². The number of carboxylic acids is 1. The molecule has 0 aliphatic rings. The van der Waals surface area contributed by atoms with Crippen LogP contribution in [-0.2, 0) is 17.6 Å². The first-order valence-corrected chi connectivity index (χ1v) is 8.29. The summed E-state index contributed by atoms with van der Waals surface area (Å²) in [6.45, 7) is 2.10. The minimum absolute atomic E-state index is 0.0425. The molecule has 1 aromatic heterocycles. The molecule has 0 fully saturated rings. The molecule has 0 spiro atoms. The van der Waals surface area contributed by atoms with Crippen molar-refractivity contribution in [2.45, 2.75) is 45.1 Å². The maximum Gasteiger partial charge on any atom is 0.303 e. The summed E-state index contributed by atoms with van der Waals surface area (Å²) in [4.78, 5) is 15.3. The highest BCUT2D eigenvalue weighted by Gasteiger charge is 2.14.